The molecule has 0 unspecified atom stereocenters. The van der Waals surface area contributed by atoms with Crippen LogP contribution < -0.4 is 10.2 Å². The standard InChI is InChI=1S/C12H16N6O4/c1-8(5-16-20-3)17-22-12-9(6-14-7-15-12)10(18-21-4)11(19)13-2/h5-7H,1-4H3,(H,13,19)/b16-5?,17-8+,18-10+. The Hall–Kier alpha value is -3.04. The molecule has 0 aromatic carbocycles. The number of amides is 1. The van der Waals surface area contributed by atoms with E-state index in [1.165, 1.54) is 40.0 Å². The van der Waals surface area contributed by atoms with Crippen LogP contribution in [-0.2, 0) is 14.5 Å². The first-order valence-corrected chi connectivity index (χ1v) is 6.05. The van der Waals surface area contributed by atoms with E-state index in [2.05, 4.69) is 40.4 Å². The number of carbonyl (C=O) groups is 1. The number of nitrogens with zero attached hydrogens (tertiary/aromatic N) is 5. The SMILES string of the molecule is CNC(=O)/C(=N/OC)c1cncnc1O/N=C(\C)C=NOC. The van der Waals surface area contributed by atoms with Gasteiger partial charge in [-0.1, -0.05) is 15.5 Å². The van der Waals surface area contributed by atoms with Gasteiger partial charge >= 0.3 is 0 Å². The molecule has 0 aliphatic heterocycles. The van der Waals surface area contributed by atoms with Gasteiger partial charge in [-0.25, -0.2) is 4.98 Å². The number of oxime groups is 3. The normalized spacial score (nSPS) is 12.2. The van der Waals surface area contributed by atoms with E-state index in [0.717, 1.165) is 0 Å². The molecule has 1 N–H and O–H groups in total. The first kappa shape index (κ1) is 17.0. The molecule has 10 heteroatoms. The monoisotopic (exact) mass is 308 g/mol. The minimum Gasteiger partial charge on any atom is -0.399 e. The molecule has 118 valence electrons. The minimum atomic E-state index is -0.483. The number of nitrogens with one attached hydrogen (secondary N) is 1. The maximum absolute atomic E-state index is 11.8. The molecular weight excluding hydrogens is 292 g/mol. The highest BCUT2D eigenvalue weighted by Crippen LogP contribution is 2.15. The smallest absolute Gasteiger partial charge is 0.273 e. The van der Waals surface area contributed by atoms with E-state index in [-0.39, 0.29) is 17.2 Å². The van der Waals surface area contributed by atoms with E-state index in [0.29, 0.717) is 5.71 Å². The molecule has 0 aliphatic rings. The molecule has 0 radical (unpaired) electrons. The second-order valence-corrected chi connectivity index (χ2v) is 3.68. The van der Waals surface area contributed by atoms with Crippen LogP contribution in [0.1, 0.15) is 12.5 Å². The highest BCUT2D eigenvalue weighted by molar-refractivity contribution is 6.45. The van der Waals surface area contributed by atoms with Crippen molar-refractivity contribution in [2.24, 2.45) is 15.5 Å². The van der Waals surface area contributed by atoms with Crippen molar-refractivity contribution in [3.05, 3.63) is 18.1 Å². The van der Waals surface area contributed by atoms with Gasteiger partial charge in [-0.3, -0.25) is 4.79 Å². The van der Waals surface area contributed by atoms with Crippen molar-refractivity contribution >= 4 is 23.5 Å². The maximum atomic E-state index is 11.8. The minimum absolute atomic E-state index is 0.0413. The van der Waals surface area contributed by atoms with Crippen LogP contribution in [0.25, 0.3) is 0 Å². The zero-order chi connectivity index (χ0) is 16.4. The Balaban J connectivity index is 3.10. The van der Waals surface area contributed by atoms with Gasteiger partial charge in [-0.2, -0.15) is 4.98 Å². The Labute approximate surface area is 126 Å². The highest BCUT2D eigenvalue weighted by Gasteiger charge is 2.20. The summed E-state index contributed by atoms with van der Waals surface area (Å²) in [6, 6.07) is 0. The van der Waals surface area contributed by atoms with E-state index >= 15 is 0 Å². The van der Waals surface area contributed by atoms with Crippen LogP contribution in [0.5, 0.6) is 5.88 Å². The zero-order valence-corrected chi connectivity index (χ0v) is 12.6. The average molecular weight is 308 g/mol. The Morgan fingerprint density at radius 2 is 2.09 bits per heavy atom. The molecule has 1 heterocycles. The predicted octanol–water partition coefficient (Wildman–Crippen LogP) is -0.0400. The summed E-state index contributed by atoms with van der Waals surface area (Å²) in [5.74, 6) is -0.442. The van der Waals surface area contributed by atoms with Gasteiger partial charge in [0.2, 0.25) is 0 Å². The number of rotatable bonds is 7. The molecule has 0 saturated carbocycles. The maximum Gasteiger partial charge on any atom is 0.273 e. The Morgan fingerprint density at radius 1 is 1.32 bits per heavy atom. The van der Waals surface area contributed by atoms with E-state index in [4.69, 9.17) is 4.84 Å². The molecular formula is C12H16N6O4. The van der Waals surface area contributed by atoms with Gasteiger partial charge in [-0.05, 0) is 6.92 Å². The van der Waals surface area contributed by atoms with Crippen LogP contribution >= 0.6 is 0 Å². The summed E-state index contributed by atoms with van der Waals surface area (Å²) in [5, 5.41) is 13.4. The lowest BCUT2D eigenvalue weighted by Crippen LogP contribution is -2.29. The van der Waals surface area contributed by atoms with Gasteiger partial charge in [0.15, 0.2) is 5.71 Å². The molecule has 0 bridgehead atoms. The van der Waals surface area contributed by atoms with Crippen molar-refractivity contribution in [3.63, 3.8) is 0 Å². The Kier molecular flexibility index (Phi) is 6.96. The second kappa shape index (κ2) is 9.00. The predicted molar refractivity (Wildman–Crippen MR) is 78.9 cm³/mol. The first-order valence-electron chi connectivity index (χ1n) is 6.05. The summed E-state index contributed by atoms with van der Waals surface area (Å²) in [6.07, 6.45) is 3.97. The van der Waals surface area contributed by atoms with Crippen molar-refractivity contribution in [3.8, 4) is 5.88 Å². The molecule has 1 amide bonds. The van der Waals surface area contributed by atoms with E-state index in [1.54, 1.807) is 6.92 Å². The molecule has 0 fully saturated rings. The molecule has 0 spiro atoms. The first-order chi connectivity index (χ1) is 10.6. The number of aromatic nitrogens is 2. The quantitative estimate of drug-likeness (QED) is 0.557. The fourth-order valence-corrected chi connectivity index (χ4v) is 1.24. The van der Waals surface area contributed by atoms with Crippen molar-refractivity contribution in [1.29, 1.82) is 0 Å². The molecule has 0 atom stereocenters. The zero-order valence-electron chi connectivity index (χ0n) is 12.6. The summed E-state index contributed by atoms with van der Waals surface area (Å²) in [7, 11) is 4.18. The van der Waals surface area contributed by atoms with Crippen LogP contribution in [0.2, 0.25) is 0 Å². The van der Waals surface area contributed by atoms with Gasteiger partial charge < -0.3 is 19.8 Å². The average Bonchev–Trinajstić information content (AvgIpc) is 2.55. The molecule has 0 aliphatic carbocycles. The number of likely N-dealkylation sites (N-methyl/N-ethyl adjacent to an activating group) is 1. The molecule has 1 aromatic heterocycles. The van der Waals surface area contributed by atoms with Crippen molar-refractivity contribution < 1.29 is 19.3 Å². The largest absolute Gasteiger partial charge is 0.399 e. The molecule has 0 saturated heterocycles. The van der Waals surface area contributed by atoms with Crippen LogP contribution in [0.4, 0.5) is 0 Å². The van der Waals surface area contributed by atoms with Crippen molar-refractivity contribution in [2.45, 2.75) is 6.92 Å². The Bertz CT molecular complexity index is 599. The van der Waals surface area contributed by atoms with Crippen LogP contribution in [0.3, 0.4) is 0 Å². The third kappa shape index (κ3) is 4.81. The second-order valence-electron chi connectivity index (χ2n) is 3.68. The summed E-state index contributed by atoms with van der Waals surface area (Å²) in [4.78, 5) is 34.0. The molecule has 10 nitrogen and oxygen atoms in total. The van der Waals surface area contributed by atoms with Gasteiger partial charge in [0.1, 0.15) is 20.5 Å². The van der Waals surface area contributed by atoms with Crippen molar-refractivity contribution in [1.82, 2.24) is 15.3 Å². The van der Waals surface area contributed by atoms with Gasteiger partial charge in [0.25, 0.3) is 11.8 Å². The molecule has 22 heavy (non-hydrogen) atoms. The number of carbonyl (C=O) groups excluding carboxylic acids is 1. The van der Waals surface area contributed by atoms with Crippen LogP contribution in [0, 0.1) is 0 Å². The number of hydrogen-bond donors (Lipinski definition) is 1. The van der Waals surface area contributed by atoms with Gasteiger partial charge in [0, 0.05) is 13.2 Å². The summed E-state index contributed by atoms with van der Waals surface area (Å²) in [5.41, 5.74) is 0.611. The van der Waals surface area contributed by atoms with E-state index < -0.39 is 5.91 Å². The fourth-order valence-electron chi connectivity index (χ4n) is 1.24. The lowest BCUT2D eigenvalue weighted by atomic mass is 10.2. The van der Waals surface area contributed by atoms with Crippen LogP contribution in [-0.4, -0.2) is 54.8 Å². The summed E-state index contributed by atoms with van der Waals surface area (Å²) in [6.45, 7) is 1.65. The van der Waals surface area contributed by atoms with E-state index in [1.807, 2.05) is 0 Å². The lowest BCUT2D eigenvalue weighted by Gasteiger charge is -2.07. The molecule has 1 aromatic rings. The Morgan fingerprint density at radius 3 is 2.73 bits per heavy atom. The van der Waals surface area contributed by atoms with Gasteiger partial charge in [-0.15, -0.1) is 0 Å². The fraction of sp³-hybridized carbons (Fsp3) is 0.333. The highest BCUT2D eigenvalue weighted by atomic mass is 16.6. The molecule has 1 rings (SSSR count). The summed E-state index contributed by atoms with van der Waals surface area (Å²) < 4.78 is 0. The topological polar surface area (TPSA) is 120 Å². The van der Waals surface area contributed by atoms with E-state index in [9.17, 15) is 4.79 Å². The summed E-state index contributed by atoms with van der Waals surface area (Å²) >= 11 is 0. The number of hydrogen-bond acceptors (Lipinski definition) is 9. The lowest BCUT2D eigenvalue weighted by molar-refractivity contribution is -0.114. The third-order valence-electron chi connectivity index (χ3n) is 2.18. The van der Waals surface area contributed by atoms with Gasteiger partial charge in [0.05, 0.1) is 17.5 Å². The third-order valence-corrected chi connectivity index (χ3v) is 2.18. The van der Waals surface area contributed by atoms with Crippen molar-refractivity contribution in [2.75, 3.05) is 21.3 Å². The van der Waals surface area contributed by atoms with Crippen LogP contribution in [0.15, 0.2) is 28.0 Å².